The SMILES string of the molecule is OCCNN1CCCCC1Cc1ccccc1. The van der Waals surface area contributed by atoms with Gasteiger partial charge in [0, 0.05) is 19.1 Å². The molecule has 1 aromatic rings. The van der Waals surface area contributed by atoms with Crippen molar-refractivity contribution in [2.24, 2.45) is 0 Å². The molecule has 1 atom stereocenters. The molecule has 1 aliphatic rings. The van der Waals surface area contributed by atoms with E-state index in [-0.39, 0.29) is 6.61 Å². The van der Waals surface area contributed by atoms with Crippen LogP contribution in [0.5, 0.6) is 0 Å². The zero-order chi connectivity index (χ0) is 11.9. The van der Waals surface area contributed by atoms with Gasteiger partial charge in [0.25, 0.3) is 0 Å². The molecule has 0 amide bonds. The third-order valence-corrected chi connectivity index (χ3v) is 3.37. The predicted molar refractivity (Wildman–Crippen MR) is 69.6 cm³/mol. The number of hydrogen-bond acceptors (Lipinski definition) is 3. The van der Waals surface area contributed by atoms with Crippen molar-refractivity contribution < 1.29 is 5.11 Å². The van der Waals surface area contributed by atoms with Gasteiger partial charge in [0.05, 0.1) is 6.61 Å². The molecular formula is C14H22N2O. The number of benzene rings is 1. The maximum absolute atomic E-state index is 8.88. The minimum atomic E-state index is 0.203. The number of hydrogen-bond donors (Lipinski definition) is 2. The van der Waals surface area contributed by atoms with E-state index in [2.05, 4.69) is 40.8 Å². The molecule has 1 fully saturated rings. The molecule has 3 heteroatoms. The second-order valence-corrected chi connectivity index (χ2v) is 4.66. The molecule has 1 aromatic carbocycles. The van der Waals surface area contributed by atoms with Gasteiger partial charge in [0.2, 0.25) is 0 Å². The minimum absolute atomic E-state index is 0.203. The topological polar surface area (TPSA) is 35.5 Å². The molecule has 2 N–H and O–H groups in total. The lowest BCUT2D eigenvalue weighted by Gasteiger charge is -2.36. The van der Waals surface area contributed by atoms with E-state index in [1.165, 1.54) is 24.8 Å². The summed E-state index contributed by atoms with van der Waals surface area (Å²) in [7, 11) is 0. The van der Waals surface area contributed by atoms with Crippen LogP contribution in [0, 0.1) is 0 Å². The Morgan fingerprint density at radius 3 is 2.82 bits per heavy atom. The summed E-state index contributed by atoms with van der Waals surface area (Å²) in [6.07, 6.45) is 4.91. The molecule has 1 unspecified atom stereocenters. The Balaban J connectivity index is 1.92. The maximum atomic E-state index is 8.88. The monoisotopic (exact) mass is 234 g/mol. The average Bonchev–Trinajstić information content (AvgIpc) is 2.39. The van der Waals surface area contributed by atoms with Crippen LogP contribution >= 0.6 is 0 Å². The van der Waals surface area contributed by atoms with Crippen molar-refractivity contribution in [3.8, 4) is 0 Å². The second kappa shape index (κ2) is 6.74. The fraction of sp³-hybridized carbons (Fsp3) is 0.571. The summed E-state index contributed by atoms with van der Waals surface area (Å²) in [5.74, 6) is 0. The third kappa shape index (κ3) is 3.80. The minimum Gasteiger partial charge on any atom is -0.395 e. The van der Waals surface area contributed by atoms with Crippen LogP contribution in [0.2, 0.25) is 0 Å². The van der Waals surface area contributed by atoms with Crippen LogP contribution in [0.15, 0.2) is 30.3 Å². The first-order chi connectivity index (χ1) is 8.40. The first-order valence-electron chi connectivity index (χ1n) is 6.55. The van der Waals surface area contributed by atoms with Gasteiger partial charge in [-0.3, -0.25) is 5.43 Å². The molecule has 1 saturated heterocycles. The van der Waals surface area contributed by atoms with E-state index >= 15 is 0 Å². The van der Waals surface area contributed by atoms with E-state index in [9.17, 15) is 0 Å². The molecule has 94 valence electrons. The van der Waals surface area contributed by atoms with Gasteiger partial charge in [-0.15, -0.1) is 0 Å². The van der Waals surface area contributed by atoms with Gasteiger partial charge in [0.1, 0.15) is 0 Å². The number of piperidine rings is 1. The summed E-state index contributed by atoms with van der Waals surface area (Å²) in [6.45, 7) is 1.96. The molecular weight excluding hydrogens is 212 g/mol. The highest BCUT2D eigenvalue weighted by atomic mass is 16.3. The second-order valence-electron chi connectivity index (χ2n) is 4.66. The van der Waals surface area contributed by atoms with Crippen molar-refractivity contribution >= 4 is 0 Å². The molecule has 1 heterocycles. The van der Waals surface area contributed by atoms with Crippen LogP contribution in [-0.4, -0.2) is 35.9 Å². The van der Waals surface area contributed by atoms with E-state index in [0.717, 1.165) is 13.0 Å². The highest BCUT2D eigenvalue weighted by molar-refractivity contribution is 5.16. The van der Waals surface area contributed by atoms with Crippen LogP contribution in [0.25, 0.3) is 0 Å². The number of hydrazine groups is 1. The van der Waals surface area contributed by atoms with Crippen LogP contribution in [0.4, 0.5) is 0 Å². The quantitative estimate of drug-likeness (QED) is 0.812. The van der Waals surface area contributed by atoms with Gasteiger partial charge in [0.15, 0.2) is 0 Å². The van der Waals surface area contributed by atoms with Crippen molar-refractivity contribution in [2.75, 3.05) is 19.7 Å². The summed E-state index contributed by atoms with van der Waals surface area (Å²) in [5, 5.41) is 11.2. The van der Waals surface area contributed by atoms with E-state index in [1.807, 2.05) is 0 Å². The number of rotatable bonds is 5. The summed E-state index contributed by atoms with van der Waals surface area (Å²) >= 11 is 0. The smallest absolute Gasteiger partial charge is 0.0570 e. The van der Waals surface area contributed by atoms with Gasteiger partial charge >= 0.3 is 0 Å². The Labute approximate surface area is 103 Å². The molecule has 1 aliphatic heterocycles. The summed E-state index contributed by atoms with van der Waals surface area (Å²) in [6, 6.07) is 11.2. The third-order valence-electron chi connectivity index (χ3n) is 3.37. The highest BCUT2D eigenvalue weighted by Crippen LogP contribution is 2.18. The number of nitrogens with one attached hydrogen (secondary N) is 1. The molecule has 0 spiro atoms. The predicted octanol–water partition coefficient (Wildman–Crippen LogP) is 1.58. The van der Waals surface area contributed by atoms with E-state index in [0.29, 0.717) is 12.6 Å². The lowest BCUT2D eigenvalue weighted by molar-refractivity contribution is 0.0771. The van der Waals surface area contributed by atoms with Gasteiger partial charge in [-0.05, 0) is 24.8 Å². The van der Waals surface area contributed by atoms with Crippen molar-refractivity contribution in [2.45, 2.75) is 31.7 Å². The first kappa shape index (κ1) is 12.6. The normalized spacial score (nSPS) is 21.6. The Morgan fingerprint density at radius 1 is 1.24 bits per heavy atom. The molecule has 0 radical (unpaired) electrons. The lowest BCUT2D eigenvalue weighted by atomic mass is 9.97. The zero-order valence-corrected chi connectivity index (χ0v) is 10.3. The van der Waals surface area contributed by atoms with Crippen molar-refractivity contribution in [1.29, 1.82) is 0 Å². The molecule has 0 bridgehead atoms. The molecule has 0 aliphatic carbocycles. The fourth-order valence-corrected chi connectivity index (χ4v) is 2.50. The molecule has 2 rings (SSSR count). The maximum Gasteiger partial charge on any atom is 0.0570 e. The number of aliphatic hydroxyl groups is 1. The van der Waals surface area contributed by atoms with Gasteiger partial charge in [-0.1, -0.05) is 36.8 Å². The largest absolute Gasteiger partial charge is 0.395 e. The Morgan fingerprint density at radius 2 is 2.06 bits per heavy atom. The lowest BCUT2D eigenvalue weighted by Crippen LogP contribution is -2.50. The summed E-state index contributed by atoms with van der Waals surface area (Å²) < 4.78 is 0. The Hall–Kier alpha value is -0.900. The van der Waals surface area contributed by atoms with E-state index in [4.69, 9.17) is 5.11 Å². The summed E-state index contributed by atoms with van der Waals surface area (Å²) in [5.41, 5.74) is 4.72. The molecule has 17 heavy (non-hydrogen) atoms. The van der Waals surface area contributed by atoms with Crippen LogP contribution < -0.4 is 5.43 Å². The standard InChI is InChI=1S/C14H22N2O/c17-11-9-15-16-10-5-4-8-14(16)12-13-6-2-1-3-7-13/h1-3,6-7,14-15,17H,4-5,8-12H2. The van der Waals surface area contributed by atoms with Crippen molar-refractivity contribution in [3.05, 3.63) is 35.9 Å². The highest BCUT2D eigenvalue weighted by Gasteiger charge is 2.21. The van der Waals surface area contributed by atoms with E-state index < -0.39 is 0 Å². The molecule has 0 aromatic heterocycles. The Bertz CT molecular complexity index is 315. The van der Waals surface area contributed by atoms with Gasteiger partial charge < -0.3 is 5.11 Å². The van der Waals surface area contributed by atoms with Crippen LogP contribution in [-0.2, 0) is 6.42 Å². The van der Waals surface area contributed by atoms with Crippen LogP contribution in [0.3, 0.4) is 0 Å². The van der Waals surface area contributed by atoms with Crippen molar-refractivity contribution in [3.63, 3.8) is 0 Å². The van der Waals surface area contributed by atoms with Gasteiger partial charge in [-0.2, -0.15) is 0 Å². The number of nitrogens with zero attached hydrogens (tertiary/aromatic N) is 1. The number of aliphatic hydroxyl groups excluding tert-OH is 1. The van der Waals surface area contributed by atoms with Gasteiger partial charge in [-0.25, -0.2) is 5.01 Å². The van der Waals surface area contributed by atoms with Crippen LogP contribution in [0.1, 0.15) is 24.8 Å². The first-order valence-corrected chi connectivity index (χ1v) is 6.55. The average molecular weight is 234 g/mol. The molecule has 0 saturated carbocycles. The summed E-state index contributed by atoms with van der Waals surface area (Å²) in [4.78, 5) is 0. The van der Waals surface area contributed by atoms with E-state index in [1.54, 1.807) is 0 Å². The Kier molecular flexibility index (Phi) is 4.98. The fourth-order valence-electron chi connectivity index (χ4n) is 2.50. The zero-order valence-electron chi connectivity index (χ0n) is 10.3. The molecule has 3 nitrogen and oxygen atoms in total. The van der Waals surface area contributed by atoms with Crippen molar-refractivity contribution in [1.82, 2.24) is 10.4 Å².